The second-order valence-corrected chi connectivity index (χ2v) is 6.96. The molecule has 0 saturated heterocycles. The van der Waals surface area contributed by atoms with E-state index in [0.29, 0.717) is 27.4 Å². The number of ether oxygens (including phenoxy) is 1. The van der Waals surface area contributed by atoms with Gasteiger partial charge in [-0.25, -0.2) is 4.79 Å². The summed E-state index contributed by atoms with van der Waals surface area (Å²) in [5, 5.41) is 1.07. The van der Waals surface area contributed by atoms with E-state index in [-0.39, 0.29) is 11.2 Å². The van der Waals surface area contributed by atoms with Gasteiger partial charge in [0.05, 0.1) is 23.7 Å². The Bertz CT molecular complexity index is 1310. The quantitative estimate of drug-likeness (QED) is 0.534. The highest BCUT2D eigenvalue weighted by molar-refractivity contribution is 6.30. The highest BCUT2D eigenvalue weighted by Gasteiger charge is 2.20. The van der Waals surface area contributed by atoms with Crippen molar-refractivity contribution in [1.29, 1.82) is 0 Å². The van der Waals surface area contributed by atoms with E-state index in [2.05, 4.69) is 0 Å². The molecule has 0 aliphatic rings. The lowest BCUT2D eigenvalue weighted by Crippen LogP contribution is -2.36. The molecule has 0 fully saturated rings. The minimum absolute atomic E-state index is 0.343. The normalized spacial score (nSPS) is 11.1. The predicted octanol–water partition coefficient (Wildman–Crippen LogP) is 3.36. The zero-order valence-corrected chi connectivity index (χ0v) is 16.4. The van der Waals surface area contributed by atoms with E-state index in [1.165, 1.54) is 11.6 Å². The van der Waals surface area contributed by atoms with Gasteiger partial charge in [-0.3, -0.25) is 13.9 Å². The topological polar surface area (TPSA) is 58.2 Å². The fourth-order valence-electron chi connectivity index (χ4n) is 3.40. The molecule has 0 spiro atoms. The van der Waals surface area contributed by atoms with Crippen molar-refractivity contribution in [2.45, 2.75) is 0 Å². The number of methoxy groups -OCH3 is 1. The Morgan fingerprint density at radius 2 is 1.68 bits per heavy atom. The van der Waals surface area contributed by atoms with E-state index in [1.807, 2.05) is 41.0 Å². The van der Waals surface area contributed by atoms with E-state index < -0.39 is 0 Å². The molecule has 0 amide bonds. The van der Waals surface area contributed by atoms with Crippen molar-refractivity contribution in [2.75, 3.05) is 7.11 Å². The predicted molar refractivity (Wildman–Crippen MR) is 111 cm³/mol. The van der Waals surface area contributed by atoms with Crippen molar-refractivity contribution in [3.05, 3.63) is 80.6 Å². The molecule has 28 heavy (non-hydrogen) atoms. The number of aromatic nitrogens is 3. The van der Waals surface area contributed by atoms with E-state index >= 15 is 0 Å². The molecule has 6 nitrogen and oxygen atoms in total. The first-order valence-corrected chi connectivity index (χ1v) is 9.01. The maximum Gasteiger partial charge on any atom is 0.330 e. The standard InChI is InChI=1S/C21H18ClN3O3/c1-23-17-12-25(15-5-4-6-16(11-15)28-3)19(13-7-9-14(22)10-8-13)18(17)20(26)24(2)21(23)27/h4-12H,1-3H3. The van der Waals surface area contributed by atoms with Crippen molar-refractivity contribution in [3.63, 3.8) is 0 Å². The molecule has 0 saturated carbocycles. The summed E-state index contributed by atoms with van der Waals surface area (Å²) in [7, 11) is 4.75. The molecule has 2 aromatic carbocycles. The smallest absolute Gasteiger partial charge is 0.330 e. The van der Waals surface area contributed by atoms with Crippen LogP contribution in [-0.4, -0.2) is 20.8 Å². The van der Waals surface area contributed by atoms with Crippen LogP contribution in [0.3, 0.4) is 0 Å². The summed E-state index contributed by atoms with van der Waals surface area (Å²) in [5.41, 5.74) is 2.16. The van der Waals surface area contributed by atoms with Crippen LogP contribution in [0.15, 0.2) is 64.3 Å². The summed E-state index contributed by atoms with van der Waals surface area (Å²) >= 11 is 6.06. The van der Waals surface area contributed by atoms with Crippen LogP contribution in [0.1, 0.15) is 0 Å². The largest absolute Gasteiger partial charge is 0.497 e. The maximum atomic E-state index is 13.0. The molecule has 0 N–H and O–H groups in total. The van der Waals surface area contributed by atoms with Crippen LogP contribution in [0.25, 0.3) is 27.8 Å². The van der Waals surface area contributed by atoms with Crippen LogP contribution in [-0.2, 0) is 14.1 Å². The highest BCUT2D eigenvalue weighted by Crippen LogP contribution is 2.32. The highest BCUT2D eigenvalue weighted by atomic mass is 35.5. The van der Waals surface area contributed by atoms with Crippen LogP contribution in [0, 0.1) is 0 Å². The second-order valence-electron chi connectivity index (χ2n) is 6.52. The molecule has 7 heteroatoms. The molecule has 0 bridgehead atoms. The van der Waals surface area contributed by atoms with Crippen LogP contribution in [0.2, 0.25) is 5.02 Å². The Morgan fingerprint density at radius 3 is 2.36 bits per heavy atom. The van der Waals surface area contributed by atoms with Gasteiger partial charge in [0.2, 0.25) is 0 Å². The molecule has 4 rings (SSSR count). The molecule has 0 atom stereocenters. The van der Waals surface area contributed by atoms with Crippen molar-refractivity contribution in [2.24, 2.45) is 14.1 Å². The first-order chi connectivity index (χ1) is 13.4. The first kappa shape index (κ1) is 18.1. The number of hydrogen-bond donors (Lipinski definition) is 0. The number of halogens is 1. The third-order valence-corrected chi connectivity index (χ3v) is 5.14. The average molecular weight is 396 g/mol. The second kappa shape index (κ2) is 6.73. The summed E-state index contributed by atoms with van der Waals surface area (Å²) in [6.07, 6.45) is 1.80. The molecule has 2 heterocycles. The summed E-state index contributed by atoms with van der Waals surface area (Å²) in [5.74, 6) is 0.694. The summed E-state index contributed by atoms with van der Waals surface area (Å²) in [6.45, 7) is 0. The number of fused-ring (bicyclic) bond motifs is 1. The number of rotatable bonds is 3. The van der Waals surface area contributed by atoms with Gasteiger partial charge in [-0.15, -0.1) is 0 Å². The lowest BCUT2D eigenvalue weighted by atomic mass is 10.1. The molecule has 2 aromatic heterocycles. The van der Waals surface area contributed by atoms with Crippen molar-refractivity contribution in [3.8, 4) is 22.7 Å². The molecule has 4 aromatic rings. The van der Waals surface area contributed by atoms with E-state index in [1.54, 1.807) is 32.5 Å². The van der Waals surface area contributed by atoms with Crippen LogP contribution < -0.4 is 16.0 Å². The Kier molecular flexibility index (Phi) is 4.35. The van der Waals surface area contributed by atoms with Gasteiger partial charge in [0.15, 0.2) is 0 Å². The molecular weight excluding hydrogens is 378 g/mol. The Morgan fingerprint density at radius 1 is 0.964 bits per heavy atom. The van der Waals surface area contributed by atoms with Gasteiger partial charge >= 0.3 is 5.69 Å². The monoisotopic (exact) mass is 395 g/mol. The number of hydrogen-bond acceptors (Lipinski definition) is 3. The van der Waals surface area contributed by atoms with E-state index in [9.17, 15) is 9.59 Å². The van der Waals surface area contributed by atoms with Crippen LogP contribution in [0.4, 0.5) is 0 Å². The van der Waals surface area contributed by atoms with Gasteiger partial charge < -0.3 is 9.30 Å². The number of nitrogens with zero attached hydrogens (tertiary/aromatic N) is 3. The number of aryl methyl sites for hydroxylation is 1. The lowest BCUT2D eigenvalue weighted by molar-refractivity contribution is 0.414. The number of benzene rings is 2. The van der Waals surface area contributed by atoms with Crippen molar-refractivity contribution < 1.29 is 4.74 Å². The molecule has 0 aliphatic heterocycles. The van der Waals surface area contributed by atoms with E-state index in [0.717, 1.165) is 15.8 Å². The summed E-state index contributed by atoms with van der Waals surface area (Å²) in [4.78, 5) is 25.4. The summed E-state index contributed by atoms with van der Waals surface area (Å²) in [6, 6.07) is 14.8. The van der Waals surface area contributed by atoms with Gasteiger partial charge in [-0.2, -0.15) is 0 Å². The Hall–Kier alpha value is -3.25. The third-order valence-electron chi connectivity index (χ3n) is 4.89. The fraction of sp³-hybridized carbons (Fsp3) is 0.143. The molecule has 142 valence electrons. The molecule has 0 aliphatic carbocycles. The third kappa shape index (κ3) is 2.73. The Balaban J connectivity index is 2.18. The average Bonchev–Trinajstić information content (AvgIpc) is 3.12. The first-order valence-electron chi connectivity index (χ1n) is 8.64. The van der Waals surface area contributed by atoms with E-state index in [4.69, 9.17) is 16.3 Å². The van der Waals surface area contributed by atoms with Crippen molar-refractivity contribution >= 4 is 22.5 Å². The zero-order valence-electron chi connectivity index (χ0n) is 15.6. The Labute approximate surface area is 165 Å². The van der Waals surface area contributed by atoms with Gasteiger partial charge in [-0.05, 0) is 29.8 Å². The zero-order chi connectivity index (χ0) is 20.0. The van der Waals surface area contributed by atoms with Gasteiger partial charge in [0.1, 0.15) is 5.75 Å². The minimum atomic E-state index is -0.372. The fourth-order valence-corrected chi connectivity index (χ4v) is 3.52. The molecule has 0 unspecified atom stereocenters. The van der Waals surface area contributed by atoms with Gasteiger partial charge in [0.25, 0.3) is 5.56 Å². The van der Waals surface area contributed by atoms with Gasteiger partial charge in [-0.1, -0.05) is 29.8 Å². The van der Waals surface area contributed by atoms with Crippen LogP contribution in [0.5, 0.6) is 5.75 Å². The lowest BCUT2D eigenvalue weighted by Gasteiger charge is -2.11. The molecule has 0 radical (unpaired) electrons. The molecular formula is C21H18ClN3O3. The minimum Gasteiger partial charge on any atom is -0.497 e. The SMILES string of the molecule is COc1cccc(-n2cc3c(c2-c2ccc(Cl)cc2)c(=O)n(C)c(=O)n3C)c1. The maximum absolute atomic E-state index is 13.0. The van der Waals surface area contributed by atoms with Gasteiger partial charge in [0, 0.05) is 37.1 Å². The summed E-state index contributed by atoms with van der Waals surface area (Å²) < 4.78 is 9.85. The van der Waals surface area contributed by atoms with Crippen molar-refractivity contribution in [1.82, 2.24) is 13.7 Å². The van der Waals surface area contributed by atoms with Crippen LogP contribution >= 0.6 is 11.6 Å².